The van der Waals surface area contributed by atoms with Gasteiger partial charge in [-0.25, -0.2) is 0 Å². The molecule has 3 N–H and O–H groups in total. The Kier molecular flexibility index (Phi) is 4.45. The van der Waals surface area contributed by atoms with Gasteiger partial charge in [-0.05, 0) is 5.92 Å². The van der Waals surface area contributed by atoms with E-state index in [2.05, 4.69) is 5.32 Å². The summed E-state index contributed by atoms with van der Waals surface area (Å²) in [6.07, 6.45) is 0. The topological polar surface area (TPSA) is 72.2 Å². The van der Waals surface area contributed by atoms with Crippen molar-refractivity contribution >= 4 is 11.8 Å². The molecule has 4 nitrogen and oxygen atoms in total. The molecule has 0 saturated carbocycles. The van der Waals surface area contributed by atoms with Gasteiger partial charge in [0.2, 0.25) is 11.8 Å². The first-order valence-corrected chi connectivity index (χ1v) is 4.42. The van der Waals surface area contributed by atoms with Crippen LogP contribution < -0.4 is 11.1 Å². The Hall–Kier alpha value is -1.06. The lowest BCUT2D eigenvalue weighted by molar-refractivity contribution is -0.134. The summed E-state index contributed by atoms with van der Waals surface area (Å²) in [7, 11) is 1.56. The maximum atomic E-state index is 11.4. The second-order valence-corrected chi connectivity index (χ2v) is 3.58. The molecule has 0 aromatic heterocycles. The summed E-state index contributed by atoms with van der Waals surface area (Å²) in [4.78, 5) is 22.3. The number of hydrogen-bond acceptors (Lipinski definition) is 2. The van der Waals surface area contributed by atoms with Gasteiger partial charge in [-0.2, -0.15) is 0 Å². The SMILES string of the molecule is CNC(=O)C(C(C)C)C(C)C(N)=O. The van der Waals surface area contributed by atoms with Crippen LogP contribution in [0.15, 0.2) is 0 Å². The minimum Gasteiger partial charge on any atom is -0.369 e. The van der Waals surface area contributed by atoms with Crippen molar-refractivity contribution in [3.8, 4) is 0 Å². The van der Waals surface area contributed by atoms with E-state index in [9.17, 15) is 9.59 Å². The molecule has 0 saturated heterocycles. The van der Waals surface area contributed by atoms with Gasteiger partial charge in [-0.3, -0.25) is 9.59 Å². The number of nitrogens with two attached hydrogens (primary N) is 1. The summed E-state index contributed by atoms with van der Waals surface area (Å²) in [5.74, 6) is -1.19. The van der Waals surface area contributed by atoms with Crippen molar-refractivity contribution in [1.29, 1.82) is 0 Å². The predicted octanol–water partition coefficient (Wildman–Crippen LogP) is 0.126. The van der Waals surface area contributed by atoms with E-state index in [1.54, 1.807) is 14.0 Å². The highest BCUT2D eigenvalue weighted by Gasteiger charge is 2.30. The van der Waals surface area contributed by atoms with Crippen LogP contribution in [-0.2, 0) is 9.59 Å². The summed E-state index contributed by atoms with van der Waals surface area (Å²) >= 11 is 0. The van der Waals surface area contributed by atoms with Crippen molar-refractivity contribution < 1.29 is 9.59 Å². The van der Waals surface area contributed by atoms with Crippen LogP contribution in [0.5, 0.6) is 0 Å². The Morgan fingerprint density at radius 3 is 1.92 bits per heavy atom. The Morgan fingerprint density at radius 1 is 1.23 bits per heavy atom. The van der Waals surface area contributed by atoms with Crippen molar-refractivity contribution in [2.75, 3.05) is 7.05 Å². The summed E-state index contributed by atoms with van der Waals surface area (Å²) < 4.78 is 0. The lowest BCUT2D eigenvalue weighted by Gasteiger charge is -2.23. The highest BCUT2D eigenvalue weighted by molar-refractivity contribution is 5.86. The van der Waals surface area contributed by atoms with Crippen LogP contribution >= 0.6 is 0 Å². The molecule has 0 fully saturated rings. The molecular formula is C9H18N2O2. The third kappa shape index (κ3) is 3.05. The molecule has 0 rings (SSSR count). The van der Waals surface area contributed by atoms with Gasteiger partial charge in [0.15, 0.2) is 0 Å². The van der Waals surface area contributed by atoms with Crippen LogP contribution in [0.2, 0.25) is 0 Å². The molecule has 2 unspecified atom stereocenters. The fourth-order valence-corrected chi connectivity index (χ4v) is 1.45. The summed E-state index contributed by atoms with van der Waals surface area (Å²) in [6, 6.07) is 0. The zero-order valence-corrected chi connectivity index (χ0v) is 8.63. The third-order valence-corrected chi connectivity index (χ3v) is 2.25. The highest BCUT2D eigenvalue weighted by Crippen LogP contribution is 2.20. The smallest absolute Gasteiger partial charge is 0.223 e. The molecule has 0 aliphatic carbocycles. The van der Waals surface area contributed by atoms with Gasteiger partial charge in [0.05, 0.1) is 5.92 Å². The zero-order chi connectivity index (χ0) is 10.6. The lowest BCUT2D eigenvalue weighted by Crippen LogP contribution is -2.40. The molecule has 0 aromatic rings. The van der Waals surface area contributed by atoms with E-state index < -0.39 is 11.8 Å². The van der Waals surface area contributed by atoms with E-state index >= 15 is 0 Å². The number of primary amides is 1. The van der Waals surface area contributed by atoms with Gasteiger partial charge < -0.3 is 11.1 Å². The van der Waals surface area contributed by atoms with Gasteiger partial charge in [-0.1, -0.05) is 20.8 Å². The van der Waals surface area contributed by atoms with E-state index in [-0.39, 0.29) is 17.7 Å². The van der Waals surface area contributed by atoms with Gasteiger partial charge in [0, 0.05) is 13.0 Å². The minimum atomic E-state index is -0.428. The number of carbonyl (C=O) groups excluding carboxylic acids is 2. The van der Waals surface area contributed by atoms with Gasteiger partial charge >= 0.3 is 0 Å². The zero-order valence-electron chi connectivity index (χ0n) is 8.63. The van der Waals surface area contributed by atoms with Crippen LogP contribution in [-0.4, -0.2) is 18.9 Å². The van der Waals surface area contributed by atoms with E-state index in [0.29, 0.717) is 0 Å². The number of amides is 2. The van der Waals surface area contributed by atoms with E-state index in [1.807, 2.05) is 13.8 Å². The first-order valence-electron chi connectivity index (χ1n) is 4.42. The van der Waals surface area contributed by atoms with Gasteiger partial charge in [0.25, 0.3) is 0 Å². The summed E-state index contributed by atoms with van der Waals surface area (Å²) in [5, 5.41) is 2.54. The van der Waals surface area contributed by atoms with Gasteiger partial charge in [0.1, 0.15) is 0 Å². The van der Waals surface area contributed by atoms with Crippen molar-refractivity contribution in [2.24, 2.45) is 23.5 Å². The predicted molar refractivity (Wildman–Crippen MR) is 50.8 cm³/mol. The van der Waals surface area contributed by atoms with Crippen molar-refractivity contribution in [3.63, 3.8) is 0 Å². The maximum absolute atomic E-state index is 11.4. The molecule has 4 heteroatoms. The lowest BCUT2D eigenvalue weighted by atomic mass is 9.83. The second-order valence-electron chi connectivity index (χ2n) is 3.58. The summed E-state index contributed by atoms with van der Waals surface area (Å²) in [6.45, 7) is 5.49. The van der Waals surface area contributed by atoms with E-state index in [4.69, 9.17) is 5.73 Å². The number of hydrogen-bond donors (Lipinski definition) is 2. The first-order chi connectivity index (χ1) is 5.91. The van der Waals surface area contributed by atoms with Crippen LogP contribution in [0.3, 0.4) is 0 Å². The average Bonchev–Trinajstić information content (AvgIpc) is 2.03. The normalized spacial score (nSPS) is 15.2. The fraction of sp³-hybridized carbons (Fsp3) is 0.778. The Balaban J connectivity index is 4.60. The number of carbonyl (C=O) groups is 2. The van der Waals surface area contributed by atoms with Crippen molar-refractivity contribution in [1.82, 2.24) is 5.32 Å². The second kappa shape index (κ2) is 4.84. The molecule has 2 amide bonds. The minimum absolute atomic E-state index is 0.113. The molecule has 0 aliphatic rings. The first kappa shape index (κ1) is 11.9. The standard InChI is InChI=1S/C9H18N2O2/c1-5(2)7(9(13)11-4)6(3)8(10)12/h5-7H,1-4H3,(H2,10,12)(H,11,13). The Morgan fingerprint density at radius 2 is 1.69 bits per heavy atom. The maximum Gasteiger partial charge on any atom is 0.223 e. The van der Waals surface area contributed by atoms with Crippen LogP contribution in [0, 0.1) is 17.8 Å². The average molecular weight is 186 g/mol. The number of nitrogens with one attached hydrogen (secondary N) is 1. The third-order valence-electron chi connectivity index (χ3n) is 2.25. The Labute approximate surface area is 78.9 Å². The molecule has 0 bridgehead atoms. The van der Waals surface area contributed by atoms with Crippen molar-refractivity contribution in [2.45, 2.75) is 20.8 Å². The van der Waals surface area contributed by atoms with Crippen molar-refractivity contribution in [3.05, 3.63) is 0 Å². The molecule has 0 heterocycles. The molecule has 0 aliphatic heterocycles. The fourth-order valence-electron chi connectivity index (χ4n) is 1.45. The molecule has 2 atom stereocenters. The van der Waals surface area contributed by atoms with E-state index in [0.717, 1.165) is 0 Å². The van der Waals surface area contributed by atoms with Gasteiger partial charge in [-0.15, -0.1) is 0 Å². The molecule has 0 radical (unpaired) electrons. The molecular weight excluding hydrogens is 168 g/mol. The monoisotopic (exact) mass is 186 g/mol. The summed E-state index contributed by atoms with van der Waals surface area (Å²) in [5.41, 5.74) is 5.15. The quantitative estimate of drug-likeness (QED) is 0.655. The van der Waals surface area contributed by atoms with Crippen LogP contribution in [0.4, 0.5) is 0 Å². The van der Waals surface area contributed by atoms with Crippen LogP contribution in [0.25, 0.3) is 0 Å². The molecule has 76 valence electrons. The largest absolute Gasteiger partial charge is 0.369 e. The molecule has 0 aromatic carbocycles. The Bertz CT molecular complexity index is 202. The molecule has 0 spiro atoms. The highest BCUT2D eigenvalue weighted by atomic mass is 16.2. The number of rotatable bonds is 4. The van der Waals surface area contributed by atoms with E-state index in [1.165, 1.54) is 0 Å². The van der Waals surface area contributed by atoms with Crippen LogP contribution in [0.1, 0.15) is 20.8 Å². The molecule has 13 heavy (non-hydrogen) atoms.